The molecule has 2 atom stereocenters. The third-order valence-electron chi connectivity index (χ3n) is 3.87. The van der Waals surface area contributed by atoms with Crippen LogP contribution < -0.4 is 0 Å². The summed E-state index contributed by atoms with van der Waals surface area (Å²) in [6, 6.07) is 8.26. The minimum absolute atomic E-state index is 0.391. The number of aryl methyl sites for hydroxylation is 1. The fraction of sp³-hybridized carbons (Fsp3) is 0.500. The molecule has 1 heterocycles. The largest absolute Gasteiger partial charge is 0.372 e. The van der Waals surface area contributed by atoms with Gasteiger partial charge in [-0.05, 0) is 25.3 Å². The fourth-order valence-electron chi connectivity index (χ4n) is 3.10. The molecule has 90 valence electrons. The van der Waals surface area contributed by atoms with Crippen molar-refractivity contribution in [2.24, 2.45) is 4.99 Å². The number of benzene rings is 1. The lowest BCUT2D eigenvalue weighted by atomic mass is 9.77. The van der Waals surface area contributed by atoms with E-state index in [1.54, 1.807) is 14.0 Å². The van der Waals surface area contributed by atoms with Crippen LogP contribution in [0.4, 0.5) is 0 Å². The minimum atomic E-state index is -0.997. The summed E-state index contributed by atoms with van der Waals surface area (Å²) in [4.78, 5) is 4.47. The molecular formula is C14H17NO2. The second kappa shape index (κ2) is 3.40. The Morgan fingerprint density at radius 2 is 2.12 bits per heavy atom. The van der Waals surface area contributed by atoms with Gasteiger partial charge in [-0.25, -0.2) is 0 Å². The van der Waals surface area contributed by atoms with Gasteiger partial charge in [-0.3, -0.25) is 4.99 Å². The number of aliphatic hydroxyl groups is 1. The molecule has 0 aromatic heterocycles. The highest BCUT2D eigenvalue weighted by atomic mass is 16.5. The van der Waals surface area contributed by atoms with Gasteiger partial charge in [0.05, 0.1) is 5.71 Å². The number of ether oxygens (including phenoxy) is 1. The standard InChI is InChI=1S/C14H17NO2/c1-13(16)9-14(17-2)8-7-10-5-3-4-6-11(10)12(14)15-13/h3-6,16H,7-9H2,1-2H3/t13-,14+/m0/s1. The lowest BCUT2D eigenvalue weighted by Gasteiger charge is -2.35. The van der Waals surface area contributed by atoms with Crippen LogP contribution in [-0.2, 0) is 11.2 Å². The average molecular weight is 231 g/mol. The van der Waals surface area contributed by atoms with Crippen LogP contribution in [0.25, 0.3) is 0 Å². The SMILES string of the molecule is CO[C@@]12CCc3ccccc3C1=N[C@@](C)(O)C2. The molecular weight excluding hydrogens is 214 g/mol. The van der Waals surface area contributed by atoms with Gasteiger partial charge in [0.1, 0.15) is 5.60 Å². The summed E-state index contributed by atoms with van der Waals surface area (Å²) < 4.78 is 5.70. The Hall–Kier alpha value is -1.19. The first kappa shape index (κ1) is 10.9. The van der Waals surface area contributed by atoms with Gasteiger partial charge in [-0.15, -0.1) is 0 Å². The van der Waals surface area contributed by atoms with Crippen molar-refractivity contribution in [3.8, 4) is 0 Å². The Kier molecular flexibility index (Phi) is 2.19. The predicted molar refractivity (Wildman–Crippen MR) is 66.3 cm³/mol. The molecule has 0 bridgehead atoms. The average Bonchev–Trinajstić information content (AvgIpc) is 2.61. The summed E-state index contributed by atoms with van der Waals surface area (Å²) in [5.74, 6) is 0. The van der Waals surface area contributed by atoms with E-state index >= 15 is 0 Å². The second-order valence-electron chi connectivity index (χ2n) is 5.21. The molecule has 0 radical (unpaired) electrons. The van der Waals surface area contributed by atoms with Crippen LogP contribution in [0.15, 0.2) is 29.3 Å². The van der Waals surface area contributed by atoms with Crippen molar-refractivity contribution >= 4 is 5.71 Å². The van der Waals surface area contributed by atoms with Crippen molar-refractivity contribution in [1.82, 2.24) is 0 Å². The summed E-state index contributed by atoms with van der Waals surface area (Å²) in [6.45, 7) is 1.75. The van der Waals surface area contributed by atoms with Gasteiger partial charge in [0, 0.05) is 19.1 Å². The Bertz CT molecular complexity index is 493. The highest BCUT2D eigenvalue weighted by Crippen LogP contribution is 2.43. The molecule has 17 heavy (non-hydrogen) atoms. The number of fused-ring (bicyclic) bond motifs is 3. The Morgan fingerprint density at radius 1 is 1.35 bits per heavy atom. The zero-order chi connectivity index (χ0) is 12.1. The Labute approximate surface area is 101 Å². The quantitative estimate of drug-likeness (QED) is 0.802. The molecule has 1 aromatic rings. The maximum absolute atomic E-state index is 10.2. The highest BCUT2D eigenvalue weighted by Gasteiger charge is 2.50. The summed E-state index contributed by atoms with van der Waals surface area (Å²) in [6.07, 6.45) is 2.44. The van der Waals surface area contributed by atoms with Crippen molar-refractivity contribution < 1.29 is 9.84 Å². The molecule has 0 saturated carbocycles. The van der Waals surface area contributed by atoms with E-state index in [0.29, 0.717) is 6.42 Å². The molecule has 1 aliphatic heterocycles. The summed E-state index contributed by atoms with van der Waals surface area (Å²) in [7, 11) is 1.71. The molecule has 2 aliphatic rings. The summed E-state index contributed by atoms with van der Waals surface area (Å²) in [5, 5.41) is 10.2. The molecule has 0 unspecified atom stereocenters. The van der Waals surface area contributed by atoms with Crippen molar-refractivity contribution in [2.75, 3.05) is 7.11 Å². The van der Waals surface area contributed by atoms with E-state index in [1.807, 2.05) is 12.1 Å². The molecule has 1 aromatic carbocycles. The van der Waals surface area contributed by atoms with E-state index < -0.39 is 11.3 Å². The number of nitrogens with zero attached hydrogens (tertiary/aromatic N) is 1. The van der Waals surface area contributed by atoms with Crippen molar-refractivity contribution in [3.05, 3.63) is 35.4 Å². The maximum atomic E-state index is 10.2. The van der Waals surface area contributed by atoms with Crippen LogP contribution in [-0.4, -0.2) is 29.3 Å². The fourth-order valence-corrected chi connectivity index (χ4v) is 3.10. The molecule has 0 spiro atoms. The van der Waals surface area contributed by atoms with Crippen LogP contribution in [0.3, 0.4) is 0 Å². The third kappa shape index (κ3) is 1.53. The Balaban J connectivity index is 2.18. The topological polar surface area (TPSA) is 41.8 Å². The normalized spacial score (nSPS) is 35.1. The van der Waals surface area contributed by atoms with E-state index in [1.165, 1.54) is 5.56 Å². The minimum Gasteiger partial charge on any atom is -0.372 e. The number of rotatable bonds is 1. The van der Waals surface area contributed by atoms with Crippen molar-refractivity contribution in [2.45, 2.75) is 37.5 Å². The van der Waals surface area contributed by atoms with Gasteiger partial charge >= 0.3 is 0 Å². The van der Waals surface area contributed by atoms with Crippen molar-refractivity contribution in [1.29, 1.82) is 0 Å². The molecule has 3 rings (SSSR count). The summed E-state index contributed by atoms with van der Waals surface area (Å²) in [5.41, 5.74) is 1.97. The predicted octanol–water partition coefficient (Wildman–Crippen LogP) is 1.92. The molecule has 0 saturated heterocycles. The van der Waals surface area contributed by atoms with E-state index in [-0.39, 0.29) is 0 Å². The first-order chi connectivity index (χ1) is 8.06. The van der Waals surface area contributed by atoms with Gasteiger partial charge in [-0.2, -0.15) is 0 Å². The van der Waals surface area contributed by atoms with E-state index in [2.05, 4.69) is 17.1 Å². The van der Waals surface area contributed by atoms with E-state index in [0.717, 1.165) is 24.1 Å². The zero-order valence-electron chi connectivity index (χ0n) is 10.2. The van der Waals surface area contributed by atoms with Crippen LogP contribution in [0.1, 0.15) is 30.9 Å². The van der Waals surface area contributed by atoms with Gasteiger partial charge in [-0.1, -0.05) is 24.3 Å². The van der Waals surface area contributed by atoms with Crippen LogP contribution in [0.2, 0.25) is 0 Å². The monoisotopic (exact) mass is 231 g/mol. The number of aliphatic imine (C=N–C) groups is 1. The van der Waals surface area contributed by atoms with Gasteiger partial charge in [0.15, 0.2) is 5.72 Å². The van der Waals surface area contributed by atoms with Crippen LogP contribution in [0.5, 0.6) is 0 Å². The first-order valence-corrected chi connectivity index (χ1v) is 6.02. The Morgan fingerprint density at radius 3 is 2.88 bits per heavy atom. The third-order valence-corrected chi connectivity index (χ3v) is 3.87. The lowest BCUT2D eigenvalue weighted by Crippen LogP contribution is -2.43. The van der Waals surface area contributed by atoms with Crippen molar-refractivity contribution in [3.63, 3.8) is 0 Å². The van der Waals surface area contributed by atoms with Gasteiger partial charge in [0.25, 0.3) is 0 Å². The molecule has 0 amide bonds. The van der Waals surface area contributed by atoms with Gasteiger partial charge < -0.3 is 9.84 Å². The number of methoxy groups -OCH3 is 1. The second-order valence-corrected chi connectivity index (χ2v) is 5.21. The summed E-state index contributed by atoms with van der Waals surface area (Å²) >= 11 is 0. The first-order valence-electron chi connectivity index (χ1n) is 6.02. The molecule has 1 N–H and O–H groups in total. The maximum Gasteiger partial charge on any atom is 0.156 e. The molecule has 3 heteroatoms. The number of hydrogen-bond donors (Lipinski definition) is 1. The number of hydrogen-bond acceptors (Lipinski definition) is 3. The van der Waals surface area contributed by atoms with Crippen LogP contribution in [0, 0.1) is 0 Å². The molecule has 0 fully saturated rings. The zero-order valence-corrected chi connectivity index (χ0v) is 10.2. The molecule has 3 nitrogen and oxygen atoms in total. The lowest BCUT2D eigenvalue weighted by molar-refractivity contribution is -0.0216. The van der Waals surface area contributed by atoms with E-state index in [4.69, 9.17) is 4.74 Å². The van der Waals surface area contributed by atoms with Gasteiger partial charge in [0.2, 0.25) is 0 Å². The van der Waals surface area contributed by atoms with Crippen LogP contribution >= 0.6 is 0 Å². The molecule has 1 aliphatic carbocycles. The highest BCUT2D eigenvalue weighted by molar-refractivity contribution is 6.10. The van der Waals surface area contributed by atoms with E-state index in [9.17, 15) is 5.11 Å². The smallest absolute Gasteiger partial charge is 0.156 e.